The third-order valence-corrected chi connectivity index (χ3v) is 6.20. The average Bonchev–Trinajstić information content (AvgIpc) is 2.95. The zero-order valence-electron chi connectivity index (χ0n) is 12.4. The molecule has 1 aromatic carbocycles. The van der Waals surface area contributed by atoms with Crippen LogP contribution >= 0.6 is 0 Å². The Morgan fingerprint density at radius 2 is 1.95 bits per heavy atom. The molecule has 2 saturated heterocycles. The number of sulfonamides is 1. The summed E-state index contributed by atoms with van der Waals surface area (Å²) in [5.74, 6) is 0.706. The van der Waals surface area contributed by atoms with Gasteiger partial charge in [-0.3, -0.25) is 4.90 Å². The van der Waals surface area contributed by atoms with Crippen molar-refractivity contribution in [2.45, 2.75) is 30.7 Å². The van der Waals surface area contributed by atoms with E-state index < -0.39 is 10.0 Å². The minimum Gasteiger partial charge on any atom is -0.494 e. The van der Waals surface area contributed by atoms with Gasteiger partial charge in [-0.05, 0) is 50.6 Å². The molecule has 2 heterocycles. The van der Waals surface area contributed by atoms with Crippen molar-refractivity contribution < 1.29 is 13.2 Å². The van der Waals surface area contributed by atoms with Gasteiger partial charge in [-0.15, -0.1) is 0 Å². The van der Waals surface area contributed by atoms with Crippen molar-refractivity contribution in [3.8, 4) is 5.75 Å². The fraction of sp³-hybridized carbons (Fsp3) is 0.600. The van der Waals surface area contributed by atoms with Gasteiger partial charge in [0.1, 0.15) is 5.75 Å². The van der Waals surface area contributed by atoms with Gasteiger partial charge in [-0.25, -0.2) is 8.42 Å². The maximum atomic E-state index is 12.7. The lowest BCUT2D eigenvalue weighted by atomic mass is 10.2. The standard InChI is InChI=1S/C15H22N2O3S/c1-2-20-14-5-7-15(8-6-14)21(18,19)17-11-10-16-9-3-4-13(16)12-17/h5-8,13H,2-4,9-12H2,1H3/t13-/m0/s1. The van der Waals surface area contributed by atoms with Gasteiger partial charge in [0.05, 0.1) is 11.5 Å². The summed E-state index contributed by atoms with van der Waals surface area (Å²) < 4.78 is 32.4. The molecule has 0 radical (unpaired) electrons. The summed E-state index contributed by atoms with van der Waals surface area (Å²) in [6.45, 7) is 5.66. The predicted octanol–water partition coefficient (Wildman–Crippen LogP) is 1.55. The van der Waals surface area contributed by atoms with Gasteiger partial charge in [0, 0.05) is 25.7 Å². The van der Waals surface area contributed by atoms with Gasteiger partial charge in [0.25, 0.3) is 0 Å². The van der Waals surface area contributed by atoms with Crippen molar-refractivity contribution in [3.05, 3.63) is 24.3 Å². The van der Waals surface area contributed by atoms with E-state index in [9.17, 15) is 8.42 Å². The zero-order chi connectivity index (χ0) is 14.9. The van der Waals surface area contributed by atoms with Gasteiger partial charge in [-0.1, -0.05) is 0 Å². The van der Waals surface area contributed by atoms with E-state index >= 15 is 0 Å². The number of rotatable bonds is 4. The molecule has 2 fully saturated rings. The fourth-order valence-corrected chi connectivity index (χ4v) is 4.67. The summed E-state index contributed by atoms with van der Waals surface area (Å²) in [6, 6.07) is 7.13. The topological polar surface area (TPSA) is 49.9 Å². The van der Waals surface area contributed by atoms with Crippen molar-refractivity contribution in [2.75, 3.05) is 32.8 Å². The van der Waals surface area contributed by atoms with Crippen molar-refractivity contribution in [1.82, 2.24) is 9.21 Å². The number of piperazine rings is 1. The molecule has 0 saturated carbocycles. The van der Waals surface area contributed by atoms with Gasteiger partial charge < -0.3 is 4.74 Å². The second kappa shape index (κ2) is 5.94. The minimum atomic E-state index is -3.38. The zero-order valence-corrected chi connectivity index (χ0v) is 13.2. The minimum absolute atomic E-state index is 0.359. The lowest BCUT2D eigenvalue weighted by molar-refractivity contribution is 0.158. The van der Waals surface area contributed by atoms with E-state index in [-0.39, 0.29) is 0 Å². The largest absolute Gasteiger partial charge is 0.494 e. The van der Waals surface area contributed by atoms with E-state index in [2.05, 4.69) is 4.90 Å². The smallest absolute Gasteiger partial charge is 0.243 e. The Balaban J connectivity index is 1.76. The summed E-state index contributed by atoms with van der Waals surface area (Å²) in [7, 11) is -3.38. The number of hydrogen-bond donors (Lipinski definition) is 0. The van der Waals surface area contributed by atoms with Crippen LogP contribution < -0.4 is 4.74 Å². The first-order chi connectivity index (χ1) is 10.1. The number of nitrogens with zero attached hydrogens (tertiary/aromatic N) is 2. The highest BCUT2D eigenvalue weighted by Gasteiger charge is 2.36. The Morgan fingerprint density at radius 3 is 2.67 bits per heavy atom. The SMILES string of the molecule is CCOc1ccc(S(=O)(=O)N2CCN3CCC[C@H]3C2)cc1. The quantitative estimate of drug-likeness (QED) is 0.847. The summed E-state index contributed by atoms with van der Waals surface area (Å²) in [5.41, 5.74) is 0. The average molecular weight is 310 g/mol. The van der Waals surface area contributed by atoms with Crippen molar-refractivity contribution in [2.24, 2.45) is 0 Å². The van der Waals surface area contributed by atoms with E-state index in [1.807, 2.05) is 6.92 Å². The predicted molar refractivity (Wildman–Crippen MR) is 81.0 cm³/mol. The molecule has 0 aromatic heterocycles. The molecule has 0 spiro atoms. The van der Waals surface area contributed by atoms with Crippen LogP contribution in [0.15, 0.2) is 29.2 Å². The Morgan fingerprint density at radius 1 is 1.19 bits per heavy atom. The monoisotopic (exact) mass is 310 g/mol. The first-order valence-corrected chi connectivity index (χ1v) is 9.02. The molecule has 0 amide bonds. The molecular formula is C15H22N2O3S. The number of ether oxygens (including phenoxy) is 1. The molecule has 5 nitrogen and oxygen atoms in total. The highest BCUT2D eigenvalue weighted by atomic mass is 32.2. The van der Waals surface area contributed by atoms with E-state index in [1.165, 1.54) is 6.42 Å². The van der Waals surface area contributed by atoms with Crippen LogP contribution in [0.5, 0.6) is 5.75 Å². The molecule has 3 rings (SSSR count). The van der Waals surface area contributed by atoms with E-state index in [0.29, 0.717) is 36.4 Å². The second-order valence-electron chi connectivity index (χ2n) is 5.60. The van der Waals surface area contributed by atoms with Gasteiger partial charge in [-0.2, -0.15) is 4.31 Å². The van der Waals surface area contributed by atoms with Crippen LogP contribution in [0.25, 0.3) is 0 Å². The summed E-state index contributed by atoms with van der Waals surface area (Å²) >= 11 is 0. The molecule has 1 aromatic rings. The van der Waals surface area contributed by atoms with Crippen molar-refractivity contribution in [3.63, 3.8) is 0 Å². The Labute approximate surface area is 126 Å². The van der Waals surface area contributed by atoms with Gasteiger partial charge in [0.15, 0.2) is 0 Å². The molecule has 116 valence electrons. The molecule has 2 aliphatic heterocycles. The number of hydrogen-bond acceptors (Lipinski definition) is 4. The van der Waals surface area contributed by atoms with Gasteiger partial charge >= 0.3 is 0 Å². The van der Waals surface area contributed by atoms with Crippen LogP contribution in [-0.4, -0.2) is 56.5 Å². The summed E-state index contributed by atoms with van der Waals surface area (Å²) in [6.07, 6.45) is 2.29. The van der Waals surface area contributed by atoms with E-state index in [4.69, 9.17) is 4.74 Å². The molecule has 0 N–H and O–H groups in total. The molecule has 2 aliphatic rings. The molecule has 21 heavy (non-hydrogen) atoms. The molecule has 0 bridgehead atoms. The fourth-order valence-electron chi connectivity index (χ4n) is 3.20. The highest BCUT2D eigenvalue weighted by Crippen LogP contribution is 2.26. The Bertz CT molecular complexity index is 585. The first-order valence-electron chi connectivity index (χ1n) is 7.58. The van der Waals surface area contributed by atoms with E-state index in [1.54, 1.807) is 28.6 Å². The van der Waals surface area contributed by atoms with Crippen LogP contribution in [0.2, 0.25) is 0 Å². The molecule has 0 unspecified atom stereocenters. The maximum Gasteiger partial charge on any atom is 0.243 e. The number of benzene rings is 1. The van der Waals surface area contributed by atoms with Crippen LogP contribution in [0.3, 0.4) is 0 Å². The van der Waals surface area contributed by atoms with Gasteiger partial charge in [0.2, 0.25) is 10.0 Å². The van der Waals surface area contributed by atoms with Crippen LogP contribution in [0, 0.1) is 0 Å². The first kappa shape index (κ1) is 14.8. The van der Waals surface area contributed by atoms with Crippen molar-refractivity contribution >= 4 is 10.0 Å². The molecule has 6 heteroatoms. The maximum absolute atomic E-state index is 12.7. The molecule has 1 atom stereocenters. The highest BCUT2D eigenvalue weighted by molar-refractivity contribution is 7.89. The normalized spacial score (nSPS) is 24.0. The van der Waals surface area contributed by atoms with E-state index in [0.717, 1.165) is 19.5 Å². The van der Waals surface area contributed by atoms with Crippen molar-refractivity contribution in [1.29, 1.82) is 0 Å². The lowest BCUT2D eigenvalue weighted by Crippen LogP contribution is -2.51. The Hall–Kier alpha value is -1.11. The van der Waals surface area contributed by atoms with Crippen LogP contribution in [-0.2, 0) is 10.0 Å². The van der Waals surface area contributed by atoms with Crippen LogP contribution in [0.1, 0.15) is 19.8 Å². The lowest BCUT2D eigenvalue weighted by Gasteiger charge is -2.36. The molecule has 0 aliphatic carbocycles. The van der Waals surface area contributed by atoms with Crippen LogP contribution in [0.4, 0.5) is 0 Å². The third-order valence-electron chi connectivity index (χ3n) is 4.32. The second-order valence-corrected chi connectivity index (χ2v) is 7.54. The third kappa shape index (κ3) is 2.93. The number of fused-ring (bicyclic) bond motifs is 1. The Kier molecular flexibility index (Phi) is 4.19. The summed E-state index contributed by atoms with van der Waals surface area (Å²) in [5, 5.41) is 0. The molecular weight excluding hydrogens is 288 g/mol. The summed E-state index contributed by atoms with van der Waals surface area (Å²) in [4.78, 5) is 2.77.